The molecule has 3 nitrogen and oxygen atoms in total. The van der Waals surface area contributed by atoms with Crippen LogP contribution in [0.1, 0.15) is 34.1 Å². The van der Waals surface area contributed by atoms with E-state index in [0.29, 0.717) is 6.61 Å². The molecule has 0 aromatic carbocycles. The second kappa shape index (κ2) is 5.19. The minimum absolute atomic E-state index is 0.163. The van der Waals surface area contributed by atoms with Crippen LogP contribution in [-0.4, -0.2) is 19.1 Å². The smallest absolute Gasteiger partial charge is 0.325 e. The Morgan fingerprint density at radius 3 is 2.81 bits per heavy atom. The van der Waals surface area contributed by atoms with Crippen LogP contribution in [0.2, 0.25) is 0 Å². The number of allylic oxidation sites excluding steroid dienone is 4. The molecule has 1 N–H and O–H groups in total. The van der Waals surface area contributed by atoms with Crippen LogP contribution in [0, 0.1) is 5.41 Å². The van der Waals surface area contributed by atoms with Crippen LogP contribution in [0.3, 0.4) is 0 Å². The summed E-state index contributed by atoms with van der Waals surface area (Å²) < 4.78 is 4.87. The lowest BCUT2D eigenvalue weighted by Gasteiger charge is -2.27. The minimum Gasteiger partial charge on any atom is -0.465 e. The zero-order valence-corrected chi connectivity index (χ0v) is 10.6. The molecule has 0 saturated heterocycles. The number of rotatable bonds is 4. The van der Waals surface area contributed by atoms with Crippen LogP contribution in [0.25, 0.3) is 0 Å². The molecule has 0 aromatic rings. The van der Waals surface area contributed by atoms with Gasteiger partial charge in [-0.2, -0.15) is 0 Å². The molecule has 1 aliphatic rings. The summed E-state index contributed by atoms with van der Waals surface area (Å²) in [5.74, 6) is -0.201. The molecule has 1 aliphatic carbocycles. The van der Waals surface area contributed by atoms with Crippen LogP contribution in [-0.2, 0) is 9.53 Å². The molecule has 90 valence electrons. The molecule has 0 aromatic heterocycles. The van der Waals surface area contributed by atoms with Crippen molar-refractivity contribution in [1.29, 1.82) is 0 Å². The van der Waals surface area contributed by atoms with Gasteiger partial charge in [-0.05, 0) is 31.8 Å². The summed E-state index contributed by atoms with van der Waals surface area (Å²) in [4.78, 5) is 11.2. The fourth-order valence-electron chi connectivity index (χ4n) is 2.04. The van der Waals surface area contributed by atoms with Crippen molar-refractivity contribution in [2.45, 2.75) is 34.1 Å². The molecule has 16 heavy (non-hydrogen) atoms. The van der Waals surface area contributed by atoms with Gasteiger partial charge < -0.3 is 10.1 Å². The van der Waals surface area contributed by atoms with Gasteiger partial charge in [-0.1, -0.05) is 25.5 Å². The highest BCUT2D eigenvalue weighted by atomic mass is 16.5. The minimum atomic E-state index is -0.201. The maximum atomic E-state index is 11.2. The maximum absolute atomic E-state index is 11.2. The van der Waals surface area contributed by atoms with Crippen LogP contribution in [0.5, 0.6) is 0 Å². The predicted octanol–water partition coefficient (Wildman–Crippen LogP) is 2.40. The number of hydrogen-bond acceptors (Lipinski definition) is 3. The van der Waals surface area contributed by atoms with Crippen molar-refractivity contribution in [2.24, 2.45) is 5.41 Å². The fourth-order valence-corrected chi connectivity index (χ4v) is 2.04. The van der Waals surface area contributed by atoms with Crippen LogP contribution in [0.15, 0.2) is 23.4 Å². The lowest BCUT2D eigenvalue weighted by molar-refractivity contribution is -0.141. The Morgan fingerprint density at radius 2 is 2.25 bits per heavy atom. The number of ether oxygens (including phenoxy) is 1. The van der Waals surface area contributed by atoms with Crippen molar-refractivity contribution < 1.29 is 9.53 Å². The Morgan fingerprint density at radius 1 is 1.56 bits per heavy atom. The van der Waals surface area contributed by atoms with Crippen molar-refractivity contribution in [1.82, 2.24) is 5.32 Å². The van der Waals surface area contributed by atoms with E-state index in [9.17, 15) is 4.79 Å². The molecule has 1 rings (SSSR count). The highest BCUT2D eigenvalue weighted by Gasteiger charge is 2.21. The molecular formula is C13H21NO2. The first-order chi connectivity index (χ1) is 7.43. The second-order valence-corrected chi connectivity index (χ2v) is 4.88. The van der Waals surface area contributed by atoms with Gasteiger partial charge in [0, 0.05) is 5.70 Å². The molecule has 3 heteroatoms. The number of nitrogens with one attached hydrogen (secondary N) is 1. The summed E-state index contributed by atoms with van der Waals surface area (Å²) in [6, 6.07) is 0. The van der Waals surface area contributed by atoms with Gasteiger partial charge in [0.1, 0.15) is 6.54 Å². The number of esters is 1. The zero-order chi connectivity index (χ0) is 12.2. The standard InChI is InChI=1S/C13H21NO2/c1-5-16-12(15)9-14-11-6-10(2)7-13(3,4)8-11/h6-7,14H,5,8-9H2,1-4H3. The lowest BCUT2D eigenvalue weighted by Crippen LogP contribution is -2.28. The quantitative estimate of drug-likeness (QED) is 0.744. The van der Waals surface area contributed by atoms with Crippen molar-refractivity contribution in [3.8, 4) is 0 Å². The highest BCUT2D eigenvalue weighted by Crippen LogP contribution is 2.31. The van der Waals surface area contributed by atoms with Crippen molar-refractivity contribution in [3.05, 3.63) is 23.4 Å². The Balaban J connectivity index is 2.50. The third-order valence-electron chi connectivity index (χ3n) is 2.43. The average molecular weight is 223 g/mol. The molecule has 0 amide bonds. The molecule has 0 unspecified atom stereocenters. The number of carbonyl (C=O) groups is 1. The first-order valence-corrected chi connectivity index (χ1v) is 5.72. The van der Waals surface area contributed by atoms with E-state index in [1.165, 1.54) is 5.57 Å². The van der Waals surface area contributed by atoms with Gasteiger partial charge in [0.25, 0.3) is 0 Å². The van der Waals surface area contributed by atoms with Crippen molar-refractivity contribution in [3.63, 3.8) is 0 Å². The number of carbonyl (C=O) groups excluding carboxylic acids is 1. The lowest BCUT2D eigenvalue weighted by atomic mass is 9.82. The summed E-state index contributed by atoms with van der Waals surface area (Å²) in [5.41, 5.74) is 2.51. The molecule has 0 bridgehead atoms. The molecule has 0 spiro atoms. The van der Waals surface area contributed by atoms with E-state index in [2.05, 4.69) is 38.2 Å². The summed E-state index contributed by atoms with van der Waals surface area (Å²) in [5, 5.41) is 3.14. The third kappa shape index (κ3) is 4.09. The second-order valence-electron chi connectivity index (χ2n) is 4.88. The average Bonchev–Trinajstić information content (AvgIpc) is 2.12. The van der Waals surface area contributed by atoms with E-state index in [1.807, 2.05) is 6.92 Å². The predicted molar refractivity (Wildman–Crippen MR) is 64.9 cm³/mol. The largest absolute Gasteiger partial charge is 0.465 e. The molecule has 0 atom stereocenters. The summed E-state index contributed by atoms with van der Waals surface area (Å²) in [6.07, 6.45) is 5.27. The fraction of sp³-hybridized carbons (Fsp3) is 0.615. The number of hydrogen-bond donors (Lipinski definition) is 1. The third-order valence-corrected chi connectivity index (χ3v) is 2.43. The molecule has 0 saturated carbocycles. The van der Waals surface area contributed by atoms with Crippen molar-refractivity contribution >= 4 is 5.97 Å². The van der Waals surface area contributed by atoms with Gasteiger partial charge in [-0.3, -0.25) is 4.79 Å². The Hall–Kier alpha value is -1.25. The first-order valence-electron chi connectivity index (χ1n) is 5.72. The summed E-state index contributed by atoms with van der Waals surface area (Å²) in [7, 11) is 0. The Kier molecular flexibility index (Phi) is 4.16. The van der Waals surface area contributed by atoms with Gasteiger partial charge in [-0.25, -0.2) is 0 Å². The van der Waals surface area contributed by atoms with Gasteiger partial charge in [0.15, 0.2) is 0 Å². The van der Waals surface area contributed by atoms with Gasteiger partial charge in [0.2, 0.25) is 0 Å². The topological polar surface area (TPSA) is 38.3 Å². The Bertz CT molecular complexity index is 327. The van der Waals surface area contributed by atoms with E-state index >= 15 is 0 Å². The van der Waals surface area contributed by atoms with Gasteiger partial charge >= 0.3 is 5.97 Å². The normalized spacial score (nSPS) is 18.5. The van der Waals surface area contributed by atoms with Crippen LogP contribution in [0.4, 0.5) is 0 Å². The summed E-state index contributed by atoms with van der Waals surface area (Å²) in [6.45, 7) is 8.96. The van der Waals surface area contributed by atoms with Crippen molar-refractivity contribution in [2.75, 3.05) is 13.2 Å². The zero-order valence-electron chi connectivity index (χ0n) is 10.6. The SMILES string of the molecule is CCOC(=O)CNC1=CC(C)=CC(C)(C)C1. The van der Waals surface area contributed by atoms with Gasteiger partial charge in [-0.15, -0.1) is 0 Å². The van der Waals surface area contributed by atoms with Crippen LogP contribution >= 0.6 is 0 Å². The van der Waals surface area contributed by atoms with Gasteiger partial charge in [0.05, 0.1) is 6.61 Å². The van der Waals surface area contributed by atoms with E-state index in [0.717, 1.165) is 12.1 Å². The highest BCUT2D eigenvalue weighted by molar-refractivity contribution is 5.71. The summed E-state index contributed by atoms with van der Waals surface area (Å²) >= 11 is 0. The molecule has 0 aliphatic heterocycles. The monoisotopic (exact) mass is 223 g/mol. The molecule has 0 heterocycles. The molecule has 0 fully saturated rings. The molecule has 0 radical (unpaired) electrons. The Labute approximate surface area is 97.6 Å². The first kappa shape index (κ1) is 12.8. The van der Waals surface area contributed by atoms with E-state index in [1.54, 1.807) is 0 Å². The van der Waals surface area contributed by atoms with E-state index in [-0.39, 0.29) is 17.9 Å². The maximum Gasteiger partial charge on any atom is 0.325 e. The van der Waals surface area contributed by atoms with E-state index in [4.69, 9.17) is 4.74 Å². The molecular weight excluding hydrogens is 202 g/mol. The van der Waals surface area contributed by atoms with E-state index < -0.39 is 0 Å². The van der Waals surface area contributed by atoms with Crippen LogP contribution < -0.4 is 5.32 Å².